The largest absolute Gasteiger partial charge is 0.487 e. The minimum atomic E-state index is -0.303. The second-order valence-electron chi connectivity index (χ2n) is 8.06. The predicted octanol–water partition coefficient (Wildman–Crippen LogP) is 4.16. The molecule has 0 amide bonds. The molecular formula is C26H29N3O3. The number of carbonyl (C=O) groups excluding carboxylic acids is 1. The molecule has 1 aliphatic heterocycles. The molecule has 3 aromatic rings. The summed E-state index contributed by atoms with van der Waals surface area (Å²) in [6.45, 7) is 6.53. The van der Waals surface area contributed by atoms with Crippen LogP contribution in [0.4, 0.5) is 5.69 Å². The summed E-state index contributed by atoms with van der Waals surface area (Å²) in [5, 5.41) is 0. The monoisotopic (exact) mass is 431 g/mol. The minimum Gasteiger partial charge on any atom is -0.487 e. The van der Waals surface area contributed by atoms with Gasteiger partial charge in [0.2, 0.25) is 0 Å². The predicted molar refractivity (Wildman–Crippen MR) is 125 cm³/mol. The molecule has 1 fully saturated rings. The fourth-order valence-electron chi connectivity index (χ4n) is 3.96. The van der Waals surface area contributed by atoms with Gasteiger partial charge in [-0.25, -0.2) is 4.79 Å². The lowest BCUT2D eigenvalue weighted by Crippen LogP contribution is -2.51. The van der Waals surface area contributed by atoms with E-state index in [1.165, 1.54) is 12.7 Å². The molecule has 0 saturated carbocycles. The summed E-state index contributed by atoms with van der Waals surface area (Å²) < 4.78 is 10.6. The van der Waals surface area contributed by atoms with Crippen molar-refractivity contribution in [1.29, 1.82) is 0 Å². The molecule has 6 nitrogen and oxygen atoms in total. The second-order valence-corrected chi connectivity index (χ2v) is 8.06. The number of anilines is 1. The quantitative estimate of drug-likeness (QED) is 0.524. The van der Waals surface area contributed by atoms with Gasteiger partial charge in [-0.05, 0) is 61.0 Å². The summed E-state index contributed by atoms with van der Waals surface area (Å²) in [7, 11) is 1.40. The molecule has 1 aromatic heterocycles. The van der Waals surface area contributed by atoms with Crippen molar-refractivity contribution in [2.24, 2.45) is 0 Å². The number of esters is 1. The Morgan fingerprint density at radius 1 is 1.03 bits per heavy atom. The normalized spacial score (nSPS) is 16.6. The molecule has 0 radical (unpaired) electrons. The number of aromatic nitrogens is 1. The van der Waals surface area contributed by atoms with Crippen LogP contribution in [0.3, 0.4) is 0 Å². The number of pyridine rings is 1. The number of hydrogen-bond acceptors (Lipinski definition) is 6. The number of methoxy groups -OCH3 is 1. The van der Waals surface area contributed by atoms with E-state index < -0.39 is 0 Å². The van der Waals surface area contributed by atoms with Crippen LogP contribution >= 0.6 is 0 Å². The lowest BCUT2D eigenvalue weighted by atomic mass is 10.1. The Kier molecular flexibility index (Phi) is 7.02. The molecule has 0 aliphatic carbocycles. The average molecular weight is 432 g/mol. The minimum absolute atomic E-state index is 0.303. The van der Waals surface area contributed by atoms with Gasteiger partial charge in [-0.1, -0.05) is 18.2 Å². The van der Waals surface area contributed by atoms with E-state index in [0.29, 0.717) is 18.2 Å². The highest BCUT2D eigenvalue weighted by Crippen LogP contribution is 2.22. The van der Waals surface area contributed by atoms with Crippen LogP contribution in [0.2, 0.25) is 0 Å². The van der Waals surface area contributed by atoms with Gasteiger partial charge < -0.3 is 14.4 Å². The standard InChI is InChI=1S/C26H29N3O3/c1-20-17-29(24-10-8-22(9-11-24)26(30)31-2)16-15-28(20)18-21-6-12-25(13-7-21)32-19-23-5-3-4-14-27-23/h3-14,20H,15-19H2,1-2H3. The highest BCUT2D eigenvalue weighted by molar-refractivity contribution is 5.89. The third-order valence-electron chi connectivity index (χ3n) is 5.84. The number of rotatable bonds is 7. The lowest BCUT2D eigenvalue weighted by molar-refractivity contribution is 0.0600. The van der Waals surface area contributed by atoms with E-state index in [0.717, 1.165) is 43.3 Å². The first-order chi connectivity index (χ1) is 15.6. The molecule has 6 heteroatoms. The van der Waals surface area contributed by atoms with Crippen LogP contribution < -0.4 is 9.64 Å². The molecular weight excluding hydrogens is 402 g/mol. The van der Waals surface area contributed by atoms with E-state index in [2.05, 4.69) is 33.8 Å². The van der Waals surface area contributed by atoms with E-state index in [1.54, 1.807) is 6.20 Å². The van der Waals surface area contributed by atoms with Gasteiger partial charge in [-0.3, -0.25) is 9.88 Å². The van der Waals surface area contributed by atoms with Gasteiger partial charge in [0.1, 0.15) is 12.4 Å². The number of carbonyl (C=O) groups is 1. The van der Waals surface area contributed by atoms with Gasteiger partial charge in [0.25, 0.3) is 0 Å². The van der Waals surface area contributed by atoms with Gasteiger partial charge in [0.05, 0.1) is 18.4 Å². The highest BCUT2D eigenvalue weighted by Gasteiger charge is 2.24. The Morgan fingerprint density at radius 3 is 2.47 bits per heavy atom. The maximum absolute atomic E-state index is 11.6. The molecule has 166 valence electrons. The Bertz CT molecular complexity index is 1010. The van der Waals surface area contributed by atoms with Crippen LogP contribution in [-0.4, -0.2) is 48.6 Å². The first kappa shape index (κ1) is 21.8. The van der Waals surface area contributed by atoms with Crippen molar-refractivity contribution in [2.45, 2.75) is 26.1 Å². The van der Waals surface area contributed by atoms with E-state index in [-0.39, 0.29) is 5.97 Å². The van der Waals surface area contributed by atoms with Crippen LogP contribution in [0.25, 0.3) is 0 Å². The summed E-state index contributed by atoms with van der Waals surface area (Å²) in [4.78, 5) is 20.8. The van der Waals surface area contributed by atoms with Crippen molar-refractivity contribution in [3.8, 4) is 5.75 Å². The Hall–Kier alpha value is -3.38. The zero-order valence-corrected chi connectivity index (χ0v) is 18.6. The van der Waals surface area contributed by atoms with Crippen molar-refractivity contribution in [3.05, 3.63) is 89.7 Å². The molecule has 4 rings (SSSR count). The molecule has 0 bridgehead atoms. The molecule has 2 aromatic carbocycles. The van der Waals surface area contributed by atoms with Crippen molar-refractivity contribution < 1.29 is 14.3 Å². The van der Waals surface area contributed by atoms with Gasteiger partial charge >= 0.3 is 5.97 Å². The summed E-state index contributed by atoms with van der Waals surface area (Å²) in [5.74, 6) is 0.551. The number of ether oxygens (including phenoxy) is 2. The number of benzene rings is 2. The van der Waals surface area contributed by atoms with Gasteiger partial charge in [-0.2, -0.15) is 0 Å². The molecule has 0 spiro atoms. The van der Waals surface area contributed by atoms with Crippen LogP contribution in [-0.2, 0) is 17.9 Å². The van der Waals surface area contributed by atoms with Gasteiger partial charge in [0.15, 0.2) is 0 Å². The molecule has 2 heterocycles. The SMILES string of the molecule is COC(=O)c1ccc(N2CCN(Cc3ccc(OCc4ccccn4)cc3)C(C)C2)cc1. The lowest BCUT2D eigenvalue weighted by Gasteiger charge is -2.41. The van der Waals surface area contributed by atoms with E-state index >= 15 is 0 Å². The Balaban J connectivity index is 1.29. The summed E-state index contributed by atoms with van der Waals surface area (Å²) >= 11 is 0. The molecule has 32 heavy (non-hydrogen) atoms. The van der Waals surface area contributed by atoms with Crippen LogP contribution in [0.1, 0.15) is 28.5 Å². The fraction of sp³-hybridized carbons (Fsp3) is 0.308. The summed E-state index contributed by atoms with van der Waals surface area (Å²) in [6, 6.07) is 22.2. The smallest absolute Gasteiger partial charge is 0.337 e. The molecule has 1 saturated heterocycles. The van der Waals surface area contributed by atoms with E-state index in [9.17, 15) is 4.79 Å². The maximum Gasteiger partial charge on any atom is 0.337 e. The molecule has 0 N–H and O–H groups in total. The topological polar surface area (TPSA) is 54.9 Å². The van der Waals surface area contributed by atoms with Crippen LogP contribution in [0.5, 0.6) is 5.75 Å². The van der Waals surface area contributed by atoms with Gasteiger partial charge in [-0.15, -0.1) is 0 Å². The molecule has 1 unspecified atom stereocenters. The fourth-order valence-corrected chi connectivity index (χ4v) is 3.96. The first-order valence-corrected chi connectivity index (χ1v) is 10.9. The van der Waals surface area contributed by atoms with Crippen molar-refractivity contribution in [2.75, 3.05) is 31.6 Å². The molecule has 1 atom stereocenters. The second kappa shape index (κ2) is 10.3. The zero-order valence-electron chi connectivity index (χ0n) is 18.6. The summed E-state index contributed by atoms with van der Waals surface area (Å²) in [6.07, 6.45) is 1.78. The van der Waals surface area contributed by atoms with Crippen LogP contribution in [0.15, 0.2) is 72.9 Å². The van der Waals surface area contributed by atoms with Gasteiger partial charge in [0, 0.05) is 44.1 Å². The highest BCUT2D eigenvalue weighted by atomic mass is 16.5. The number of piperazine rings is 1. The van der Waals surface area contributed by atoms with Crippen molar-refractivity contribution in [1.82, 2.24) is 9.88 Å². The van der Waals surface area contributed by atoms with Crippen molar-refractivity contribution >= 4 is 11.7 Å². The van der Waals surface area contributed by atoms with E-state index in [1.807, 2.05) is 54.6 Å². The Labute approximate surface area is 189 Å². The van der Waals surface area contributed by atoms with Crippen molar-refractivity contribution in [3.63, 3.8) is 0 Å². The zero-order chi connectivity index (χ0) is 22.3. The van der Waals surface area contributed by atoms with E-state index in [4.69, 9.17) is 9.47 Å². The number of hydrogen-bond donors (Lipinski definition) is 0. The number of nitrogens with zero attached hydrogens (tertiary/aromatic N) is 3. The third kappa shape index (κ3) is 5.45. The summed E-state index contributed by atoms with van der Waals surface area (Å²) in [5.41, 5.74) is 3.91. The molecule has 1 aliphatic rings. The average Bonchev–Trinajstić information content (AvgIpc) is 2.85. The Morgan fingerprint density at radius 2 is 1.81 bits per heavy atom. The third-order valence-corrected chi connectivity index (χ3v) is 5.84. The van der Waals surface area contributed by atoms with Crippen LogP contribution in [0, 0.1) is 0 Å². The first-order valence-electron chi connectivity index (χ1n) is 10.9. The maximum atomic E-state index is 11.6.